The minimum atomic E-state index is 0.662. The van der Waals surface area contributed by atoms with E-state index >= 15 is 0 Å². The molecular formula is C7H8ClNOS. The Labute approximate surface area is 74.6 Å². The van der Waals surface area contributed by atoms with Gasteiger partial charge >= 0.3 is 0 Å². The smallest absolute Gasteiger partial charge is 0.146 e. The first kappa shape index (κ1) is 8.68. The molecule has 1 rings (SSSR count). The number of nitrogens with zero attached hydrogens (tertiary/aromatic N) is 1. The Kier molecular flexibility index (Phi) is 3.52. The highest BCUT2D eigenvalue weighted by Gasteiger charge is 1.96. The minimum Gasteiger partial charge on any atom is -0.361 e. The van der Waals surface area contributed by atoms with Crippen molar-refractivity contribution in [1.82, 2.24) is 5.16 Å². The standard InChI is InChI=1S/C7H8ClNOS/c1-6(8)4-11-5-7-2-3-9-10-7/h2-3H,1,4-5H2. The zero-order valence-corrected chi connectivity index (χ0v) is 7.49. The Balaban J connectivity index is 2.19. The van der Waals surface area contributed by atoms with Crippen LogP contribution in [0.4, 0.5) is 0 Å². The maximum Gasteiger partial charge on any atom is 0.146 e. The Morgan fingerprint density at radius 1 is 1.82 bits per heavy atom. The van der Waals surface area contributed by atoms with Crippen molar-refractivity contribution in [2.75, 3.05) is 5.75 Å². The van der Waals surface area contributed by atoms with Crippen molar-refractivity contribution in [2.24, 2.45) is 0 Å². The molecule has 0 unspecified atom stereocenters. The third kappa shape index (κ3) is 3.49. The summed E-state index contributed by atoms with van der Waals surface area (Å²) in [5.41, 5.74) is 0. The van der Waals surface area contributed by atoms with Crippen molar-refractivity contribution in [2.45, 2.75) is 5.75 Å². The van der Waals surface area contributed by atoms with Crippen molar-refractivity contribution in [3.63, 3.8) is 0 Å². The predicted molar refractivity (Wildman–Crippen MR) is 47.7 cm³/mol. The molecule has 0 bridgehead atoms. The van der Waals surface area contributed by atoms with Crippen LogP contribution in [0.1, 0.15) is 5.76 Å². The van der Waals surface area contributed by atoms with E-state index in [-0.39, 0.29) is 0 Å². The number of hydrogen-bond acceptors (Lipinski definition) is 3. The van der Waals surface area contributed by atoms with Crippen LogP contribution < -0.4 is 0 Å². The van der Waals surface area contributed by atoms with Crippen LogP contribution in [0.5, 0.6) is 0 Å². The molecule has 4 heteroatoms. The number of hydrogen-bond donors (Lipinski definition) is 0. The Morgan fingerprint density at radius 2 is 2.64 bits per heavy atom. The number of rotatable bonds is 4. The van der Waals surface area contributed by atoms with Gasteiger partial charge in [-0.05, 0) is 0 Å². The molecule has 0 spiro atoms. The van der Waals surface area contributed by atoms with Crippen molar-refractivity contribution in [3.8, 4) is 0 Å². The third-order valence-electron chi connectivity index (χ3n) is 0.994. The molecule has 0 saturated carbocycles. The summed E-state index contributed by atoms with van der Waals surface area (Å²) in [5, 5.41) is 4.24. The minimum absolute atomic E-state index is 0.662. The van der Waals surface area contributed by atoms with Crippen molar-refractivity contribution < 1.29 is 4.52 Å². The monoisotopic (exact) mass is 189 g/mol. The van der Waals surface area contributed by atoms with E-state index in [2.05, 4.69) is 11.7 Å². The SMILES string of the molecule is C=C(Cl)CSCc1ccno1. The Morgan fingerprint density at radius 3 is 3.18 bits per heavy atom. The molecule has 0 amide bonds. The van der Waals surface area contributed by atoms with E-state index in [9.17, 15) is 0 Å². The van der Waals surface area contributed by atoms with Crippen molar-refractivity contribution >= 4 is 23.4 Å². The van der Waals surface area contributed by atoms with Gasteiger partial charge in [0.1, 0.15) is 5.76 Å². The lowest BCUT2D eigenvalue weighted by molar-refractivity contribution is 0.395. The van der Waals surface area contributed by atoms with E-state index < -0.39 is 0 Å². The van der Waals surface area contributed by atoms with Crippen LogP contribution in [0, 0.1) is 0 Å². The van der Waals surface area contributed by atoms with Crippen molar-refractivity contribution in [3.05, 3.63) is 29.6 Å². The summed E-state index contributed by atoms with van der Waals surface area (Å²) in [5.74, 6) is 2.42. The molecule has 0 aliphatic heterocycles. The second kappa shape index (κ2) is 4.46. The van der Waals surface area contributed by atoms with Crippen LogP contribution in [0.3, 0.4) is 0 Å². The molecule has 2 nitrogen and oxygen atoms in total. The normalized spacial score (nSPS) is 9.91. The van der Waals surface area contributed by atoms with E-state index in [1.165, 1.54) is 0 Å². The lowest BCUT2D eigenvalue weighted by Crippen LogP contribution is -1.78. The van der Waals surface area contributed by atoms with Crippen molar-refractivity contribution in [1.29, 1.82) is 0 Å². The highest BCUT2D eigenvalue weighted by molar-refractivity contribution is 7.98. The van der Waals surface area contributed by atoms with Gasteiger partial charge in [0.2, 0.25) is 0 Å². The Bertz CT molecular complexity index is 222. The van der Waals surface area contributed by atoms with Crippen LogP contribution in [-0.2, 0) is 5.75 Å². The van der Waals surface area contributed by atoms with Gasteiger partial charge in [-0.1, -0.05) is 23.3 Å². The number of halogens is 1. The fraction of sp³-hybridized carbons (Fsp3) is 0.286. The molecule has 0 saturated heterocycles. The molecule has 1 aromatic rings. The first-order chi connectivity index (χ1) is 5.29. The summed E-state index contributed by atoms with van der Waals surface area (Å²) >= 11 is 7.21. The first-order valence-electron chi connectivity index (χ1n) is 3.09. The van der Waals surface area contributed by atoms with Gasteiger partial charge in [-0.25, -0.2) is 0 Å². The van der Waals surface area contributed by atoms with E-state index in [0.717, 1.165) is 17.3 Å². The first-order valence-corrected chi connectivity index (χ1v) is 4.63. The van der Waals surface area contributed by atoms with Crippen LogP contribution in [0.25, 0.3) is 0 Å². The number of thioether (sulfide) groups is 1. The maximum absolute atomic E-state index is 5.56. The van der Waals surface area contributed by atoms with Crippen LogP contribution in [-0.4, -0.2) is 10.9 Å². The molecule has 1 aromatic heterocycles. The molecule has 11 heavy (non-hydrogen) atoms. The van der Waals surface area contributed by atoms with Gasteiger partial charge < -0.3 is 4.52 Å². The molecule has 0 fully saturated rings. The molecular weight excluding hydrogens is 182 g/mol. The summed E-state index contributed by atoms with van der Waals surface area (Å²) in [4.78, 5) is 0. The molecule has 0 aliphatic rings. The highest BCUT2D eigenvalue weighted by atomic mass is 35.5. The quantitative estimate of drug-likeness (QED) is 0.729. The zero-order chi connectivity index (χ0) is 8.10. The average molecular weight is 190 g/mol. The topological polar surface area (TPSA) is 26.0 Å². The van der Waals surface area contributed by atoms with Gasteiger partial charge in [0.25, 0.3) is 0 Å². The lowest BCUT2D eigenvalue weighted by atomic mass is 10.5. The summed E-state index contributed by atoms with van der Waals surface area (Å²) in [7, 11) is 0. The second-order valence-electron chi connectivity index (χ2n) is 1.99. The molecule has 1 heterocycles. The highest BCUT2D eigenvalue weighted by Crippen LogP contribution is 2.15. The van der Waals surface area contributed by atoms with Gasteiger partial charge in [0, 0.05) is 16.9 Å². The summed E-state index contributed by atoms with van der Waals surface area (Å²) in [6.07, 6.45) is 1.63. The average Bonchev–Trinajstić information content (AvgIpc) is 2.39. The van der Waals surface area contributed by atoms with E-state index in [1.807, 2.05) is 6.07 Å². The molecule has 0 N–H and O–H groups in total. The summed E-state index contributed by atoms with van der Waals surface area (Å²) in [6, 6.07) is 1.84. The van der Waals surface area contributed by atoms with Crippen LogP contribution >= 0.6 is 23.4 Å². The van der Waals surface area contributed by atoms with Gasteiger partial charge in [0.05, 0.1) is 11.9 Å². The zero-order valence-electron chi connectivity index (χ0n) is 5.92. The third-order valence-corrected chi connectivity index (χ3v) is 2.33. The van der Waals surface area contributed by atoms with E-state index in [1.54, 1.807) is 18.0 Å². The molecule has 60 valence electrons. The second-order valence-corrected chi connectivity index (χ2v) is 3.51. The fourth-order valence-electron chi connectivity index (χ4n) is 0.579. The van der Waals surface area contributed by atoms with Gasteiger partial charge in [-0.2, -0.15) is 0 Å². The van der Waals surface area contributed by atoms with E-state index in [4.69, 9.17) is 16.1 Å². The van der Waals surface area contributed by atoms with Crippen LogP contribution in [0.15, 0.2) is 28.4 Å². The van der Waals surface area contributed by atoms with E-state index in [0.29, 0.717) is 5.03 Å². The van der Waals surface area contributed by atoms with Gasteiger partial charge in [-0.3, -0.25) is 0 Å². The molecule has 0 atom stereocenters. The summed E-state index contributed by atoms with van der Waals surface area (Å²) in [6.45, 7) is 3.57. The van der Waals surface area contributed by atoms with Crippen LogP contribution in [0.2, 0.25) is 0 Å². The van der Waals surface area contributed by atoms with Gasteiger partial charge in [-0.15, -0.1) is 11.8 Å². The molecule has 0 aromatic carbocycles. The Hall–Kier alpha value is -0.410. The molecule has 0 radical (unpaired) electrons. The predicted octanol–water partition coefficient (Wildman–Crippen LogP) is 2.66. The summed E-state index contributed by atoms with van der Waals surface area (Å²) < 4.78 is 4.87. The number of aromatic nitrogens is 1. The van der Waals surface area contributed by atoms with Gasteiger partial charge in [0.15, 0.2) is 0 Å². The fourth-order valence-corrected chi connectivity index (χ4v) is 1.48. The maximum atomic E-state index is 5.56. The molecule has 0 aliphatic carbocycles. The lowest BCUT2D eigenvalue weighted by Gasteiger charge is -1.94. The largest absolute Gasteiger partial charge is 0.361 e.